The molecule has 24 heavy (non-hydrogen) atoms. The van der Waals surface area contributed by atoms with Crippen molar-refractivity contribution in [2.45, 2.75) is 11.4 Å². The van der Waals surface area contributed by atoms with E-state index in [1.807, 2.05) is 30.3 Å². The van der Waals surface area contributed by atoms with Gasteiger partial charge in [-0.3, -0.25) is 4.79 Å². The summed E-state index contributed by atoms with van der Waals surface area (Å²) in [6, 6.07) is 15.0. The third-order valence-electron chi connectivity index (χ3n) is 3.17. The summed E-state index contributed by atoms with van der Waals surface area (Å²) >= 11 is 0. The molecule has 0 spiro atoms. The van der Waals surface area contributed by atoms with Gasteiger partial charge in [-0.1, -0.05) is 42.5 Å². The molecule has 0 atom stereocenters. The van der Waals surface area contributed by atoms with Crippen LogP contribution in [0.5, 0.6) is 0 Å². The molecule has 2 aromatic rings. The van der Waals surface area contributed by atoms with Crippen molar-refractivity contribution >= 4 is 21.7 Å². The molecule has 0 aliphatic heterocycles. The first-order chi connectivity index (χ1) is 11.4. The third-order valence-corrected chi connectivity index (χ3v) is 4.33. The molecule has 1 amide bonds. The first-order valence-corrected chi connectivity index (χ1v) is 9.04. The van der Waals surface area contributed by atoms with Gasteiger partial charge in [0.15, 0.2) is 16.4 Å². The summed E-state index contributed by atoms with van der Waals surface area (Å²) in [6.45, 7) is -0.166. The molecular weight excluding hydrogens is 330 g/mol. The predicted molar refractivity (Wildman–Crippen MR) is 88.1 cm³/mol. The molecule has 6 nitrogen and oxygen atoms in total. The standard InChI is InChI=1S/C17H17NO5S/c1-24(21,22)15-10-6-5-9-14(15)17(20)23-12-16(19)18-11-13-7-3-2-4-8-13/h2-10H,11-12H2,1H3,(H,18,19). The molecule has 7 heteroatoms. The number of sulfone groups is 1. The van der Waals surface area contributed by atoms with Crippen LogP contribution in [0.3, 0.4) is 0 Å². The second-order valence-corrected chi connectivity index (χ2v) is 7.09. The van der Waals surface area contributed by atoms with Crippen LogP contribution in [0.4, 0.5) is 0 Å². The number of amides is 1. The van der Waals surface area contributed by atoms with Gasteiger partial charge in [0.1, 0.15) is 0 Å². The summed E-state index contributed by atoms with van der Waals surface area (Å²) < 4.78 is 28.2. The Balaban J connectivity index is 1.93. The third kappa shape index (κ3) is 4.92. The summed E-state index contributed by atoms with van der Waals surface area (Å²) in [6.07, 6.45) is 1.01. The Kier molecular flexibility index (Phi) is 5.70. The second-order valence-electron chi connectivity index (χ2n) is 5.11. The van der Waals surface area contributed by atoms with Gasteiger partial charge in [-0.15, -0.1) is 0 Å². The van der Waals surface area contributed by atoms with E-state index < -0.39 is 28.3 Å². The minimum absolute atomic E-state index is 0.0872. The number of ether oxygens (including phenoxy) is 1. The molecule has 0 radical (unpaired) electrons. The Morgan fingerprint density at radius 3 is 2.29 bits per heavy atom. The van der Waals surface area contributed by atoms with Crippen molar-refractivity contribution in [3.05, 3.63) is 65.7 Å². The minimum atomic E-state index is -3.56. The fourth-order valence-electron chi connectivity index (χ4n) is 2.01. The SMILES string of the molecule is CS(=O)(=O)c1ccccc1C(=O)OCC(=O)NCc1ccccc1. The molecule has 0 saturated heterocycles. The number of hydrogen-bond acceptors (Lipinski definition) is 5. The zero-order valence-electron chi connectivity index (χ0n) is 13.1. The molecule has 2 aromatic carbocycles. The Morgan fingerprint density at radius 2 is 1.62 bits per heavy atom. The second kappa shape index (κ2) is 7.74. The zero-order chi connectivity index (χ0) is 17.6. The number of hydrogen-bond donors (Lipinski definition) is 1. The van der Waals surface area contributed by atoms with Gasteiger partial charge in [0.25, 0.3) is 5.91 Å². The lowest BCUT2D eigenvalue weighted by Gasteiger charge is -2.09. The zero-order valence-corrected chi connectivity index (χ0v) is 13.9. The van der Waals surface area contributed by atoms with E-state index in [2.05, 4.69) is 5.32 Å². The topological polar surface area (TPSA) is 89.5 Å². The summed E-state index contributed by atoms with van der Waals surface area (Å²) in [7, 11) is -3.56. The number of carbonyl (C=O) groups is 2. The van der Waals surface area contributed by atoms with Crippen LogP contribution < -0.4 is 5.32 Å². The van der Waals surface area contributed by atoms with Crippen LogP contribution in [0.15, 0.2) is 59.5 Å². The van der Waals surface area contributed by atoms with Crippen molar-refractivity contribution in [3.63, 3.8) is 0 Å². The quantitative estimate of drug-likeness (QED) is 0.801. The number of carbonyl (C=O) groups excluding carboxylic acids is 2. The molecule has 0 aliphatic carbocycles. The molecule has 0 unspecified atom stereocenters. The lowest BCUT2D eigenvalue weighted by atomic mass is 10.2. The fraction of sp³-hybridized carbons (Fsp3) is 0.176. The van der Waals surface area contributed by atoms with Gasteiger partial charge >= 0.3 is 5.97 Å². The Bertz CT molecular complexity index is 831. The molecule has 0 fully saturated rings. The highest BCUT2D eigenvalue weighted by Gasteiger charge is 2.19. The van der Waals surface area contributed by atoms with Crippen LogP contribution in [0.25, 0.3) is 0 Å². The lowest BCUT2D eigenvalue weighted by Crippen LogP contribution is -2.28. The molecular formula is C17H17NO5S. The molecule has 1 N–H and O–H groups in total. The van der Waals surface area contributed by atoms with Crippen molar-refractivity contribution in [1.82, 2.24) is 5.32 Å². The highest BCUT2D eigenvalue weighted by atomic mass is 32.2. The summed E-state index contributed by atoms with van der Waals surface area (Å²) in [5.74, 6) is -1.32. The van der Waals surface area contributed by atoms with Gasteiger partial charge in [0.05, 0.1) is 10.5 Å². The number of esters is 1. The van der Waals surface area contributed by atoms with Crippen LogP contribution in [0.2, 0.25) is 0 Å². The van der Waals surface area contributed by atoms with Gasteiger partial charge in [0, 0.05) is 12.8 Å². The van der Waals surface area contributed by atoms with E-state index in [1.165, 1.54) is 24.3 Å². The van der Waals surface area contributed by atoms with Crippen molar-refractivity contribution in [2.75, 3.05) is 12.9 Å². The van der Waals surface area contributed by atoms with E-state index in [4.69, 9.17) is 4.74 Å². The monoisotopic (exact) mass is 347 g/mol. The average molecular weight is 347 g/mol. The normalized spacial score (nSPS) is 10.9. The smallest absolute Gasteiger partial charge is 0.339 e. The first-order valence-electron chi connectivity index (χ1n) is 7.15. The Labute approximate surface area is 140 Å². The van der Waals surface area contributed by atoms with Gasteiger partial charge in [0.2, 0.25) is 0 Å². The number of benzene rings is 2. The van der Waals surface area contributed by atoms with Crippen LogP contribution in [-0.4, -0.2) is 33.2 Å². The molecule has 0 heterocycles. The average Bonchev–Trinajstić information content (AvgIpc) is 2.58. The first kappa shape index (κ1) is 17.7. The van der Waals surface area contributed by atoms with Gasteiger partial charge < -0.3 is 10.1 Å². The van der Waals surface area contributed by atoms with Crippen molar-refractivity contribution in [3.8, 4) is 0 Å². The maximum atomic E-state index is 12.0. The summed E-state index contributed by atoms with van der Waals surface area (Å²) in [5, 5.41) is 2.62. The van der Waals surface area contributed by atoms with Gasteiger partial charge in [-0.05, 0) is 17.7 Å². The largest absolute Gasteiger partial charge is 0.452 e. The van der Waals surface area contributed by atoms with E-state index in [1.54, 1.807) is 0 Å². The van der Waals surface area contributed by atoms with E-state index >= 15 is 0 Å². The van der Waals surface area contributed by atoms with Crippen LogP contribution in [0, 0.1) is 0 Å². The predicted octanol–water partition coefficient (Wildman–Crippen LogP) is 1.56. The summed E-state index contributed by atoms with van der Waals surface area (Å²) in [5.41, 5.74) is 0.829. The van der Waals surface area contributed by atoms with E-state index in [-0.39, 0.29) is 10.5 Å². The van der Waals surface area contributed by atoms with Crippen LogP contribution >= 0.6 is 0 Å². The van der Waals surface area contributed by atoms with Gasteiger partial charge in [-0.25, -0.2) is 13.2 Å². The number of nitrogens with one attached hydrogen (secondary N) is 1. The van der Waals surface area contributed by atoms with E-state index in [0.29, 0.717) is 6.54 Å². The lowest BCUT2D eigenvalue weighted by molar-refractivity contribution is -0.124. The molecule has 2 rings (SSSR count). The Hall–Kier alpha value is -2.67. The van der Waals surface area contributed by atoms with Crippen LogP contribution in [-0.2, 0) is 25.9 Å². The highest BCUT2D eigenvalue weighted by Crippen LogP contribution is 2.16. The molecule has 0 bridgehead atoms. The fourth-order valence-corrected chi connectivity index (χ4v) is 2.89. The van der Waals surface area contributed by atoms with Crippen molar-refractivity contribution in [1.29, 1.82) is 0 Å². The van der Waals surface area contributed by atoms with E-state index in [0.717, 1.165) is 11.8 Å². The molecule has 0 aromatic heterocycles. The van der Waals surface area contributed by atoms with E-state index in [9.17, 15) is 18.0 Å². The summed E-state index contributed by atoms with van der Waals surface area (Å²) in [4.78, 5) is 23.6. The maximum absolute atomic E-state index is 12.0. The van der Waals surface area contributed by atoms with Crippen molar-refractivity contribution in [2.24, 2.45) is 0 Å². The Morgan fingerprint density at radius 1 is 1.00 bits per heavy atom. The number of rotatable bonds is 6. The van der Waals surface area contributed by atoms with Crippen LogP contribution in [0.1, 0.15) is 15.9 Å². The minimum Gasteiger partial charge on any atom is -0.452 e. The molecule has 126 valence electrons. The van der Waals surface area contributed by atoms with Crippen molar-refractivity contribution < 1.29 is 22.7 Å². The highest BCUT2D eigenvalue weighted by molar-refractivity contribution is 7.90. The maximum Gasteiger partial charge on any atom is 0.339 e. The molecule has 0 aliphatic rings. The van der Waals surface area contributed by atoms with Gasteiger partial charge in [-0.2, -0.15) is 0 Å². The molecule has 0 saturated carbocycles.